The zero-order chi connectivity index (χ0) is 26.4. The monoisotopic (exact) mass is 531 g/mol. The van der Waals surface area contributed by atoms with E-state index in [9.17, 15) is 14.0 Å². The van der Waals surface area contributed by atoms with E-state index in [0.717, 1.165) is 36.9 Å². The number of nitrogens with one attached hydrogen (secondary N) is 2. The van der Waals surface area contributed by atoms with Crippen LogP contribution in [0.15, 0.2) is 54.7 Å². The largest absolute Gasteiger partial charge is 0.454 e. The summed E-state index contributed by atoms with van der Waals surface area (Å²) in [7, 11) is 2.05. The first-order chi connectivity index (χ1) is 18.4. The van der Waals surface area contributed by atoms with Gasteiger partial charge in [-0.1, -0.05) is 12.1 Å². The van der Waals surface area contributed by atoms with Gasteiger partial charge >= 0.3 is 6.03 Å². The molecule has 0 aliphatic carbocycles. The van der Waals surface area contributed by atoms with Crippen molar-refractivity contribution in [1.29, 1.82) is 0 Å². The highest BCUT2D eigenvalue weighted by Gasteiger charge is 2.34. The number of urea groups is 1. The number of aromatic nitrogens is 1. The number of ether oxygens (including phenoxy) is 1. The maximum atomic E-state index is 14.1. The van der Waals surface area contributed by atoms with E-state index in [2.05, 4.69) is 20.5 Å². The predicted octanol–water partition coefficient (Wildman–Crippen LogP) is 6.04. The number of likely N-dealkylation sites (tertiary alicyclic amines) is 1. The first-order valence-corrected chi connectivity index (χ1v) is 13.3. The maximum absolute atomic E-state index is 14.1. The van der Waals surface area contributed by atoms with Gasteiger partial charge in [0.05, 0.1) is 22.4 Å². The molecule has 1 fully saturated rings. The lowest BCUT2D eigenvalue weighted by Crippen LogP contribution is -2.46. The molecule has 10 heteroatoms. The van der Waals surface area contributed by atoms with Crippen molar-refractivity contribution in [2.75, 3.05) is 30.4 Å². The number of carbonyl (C=O) groups is 2. The quantitative estimate of drug-likeness (QED) is 0.328. The van der Waals surface area contributed by atoms with Crippen molar-refractivity contribution < 1.29 is 18.7 Å². The lowest BCUT2D eigenvalue weighted by molar-refractivity contribution is 0.0917. The van der Waals surface area contributed by atoms with Gasteiger partial charge < -0.3 is 20.3 Å². The van der Waals surface area contributed by atoms with Crippen molar-refractivity contribution in [2.24, 2.45) is 0 Å². The van der Waals surface area contributed by atoms with Crippen molar-refractivity contribution >= 4 is 50.6 Å². The number of amides is 3. The Labute approximate surface area is 223 Å². The van der Waals surface area contributed by atoms with Crippen LogP contribution >= 0.6 is 11.3 Å². The molecule has 3 amide bonds. The number of nitrogens with zero attached hydrogens (tertiary/aromatic N) is 3. The zero-order valence-electron chi connectivity index (χ0n) is 21.0. The van der Waals surface area contributed by atoms with Crippen LogP contribution in [0.25, 0.3) is 10.2 Å². The van der Waals surface area contributed by atoms with Crippen LogP contribution in [0.5, 0.6) is 11.5 Å². The van der Waals surface area contributed by atoms with Gasteiger partial charge in [0.2, 0.25) is 0 Å². The van der Waals surface area contributed by atoms with Gasteiger partial charge in [-0.2, -0.15) is 0 Å². The number of hydrogen-bond donors (Lipinski definition) is 2. The first kappa shape index (κ1) is 24.3. The number of hydrogen-bond acceptors (Lipinski definition) is 6. The molecule has 0 spiro atoms. The van der Waals surface area contributed by atoms with Gasteiger partial charge in [0, 0.05) is 18.8 Å². The molecule has 2 aromatic heterocycles. The smallest absolute Gasteiger partial charge is 0.331 e. The molecular weight excluding hydrogens is 505 g/mol. The standard InChI is InChI=1S/C28H26FN5O3S/c1-16-14-18(37-22-8-4-3-7-19(22)29)9-10-20(16)34-21-11-12-30-27-23(21)24(32-28(34)36)25(38-27)26(35)31-17-6-5-13-33(2)15-17/h3-4,7-12,14,17H,5-6,13,15H2,1-2H3,(H,31,35)(H,32,36)/t17-/m1/s1. The Morgan fingerprint density at radius 1 is 1.21 bits per heavy atom. The number of carbonyl (C=O) groups excluding carboxylic acids is 2. The van der Waals surface area contributed by atoms with Crippen LogP contribution in [0, 0.1) is 12.7 Å². The average molecular weight is 532 g/mol. The molecule has 1 saturated heterocycles. The van der Waals surface area contributed by atoms with Crippen molar-refractivity contribution in [3.63, 3.8) is 0 Å². The van der Waals surface area contributed by atoms with Crippen LogP contribution in [0.3, 0.4) is 0 Å². The molecule has 2 aliphatic heterocycles. The van der Waals surface area contributed by atoms with Gasteiger partial charge in [0.1, 0.15) is 15.5 Å². The number of pyridine rings is 1. The number of para-hydroxylation sites is 1. The number of aryl methyl sites for hydroxylation is 1. The second kappa shape index (κ2) is 9.70. The molecular formula is C28H26FN5O3S. The third kappa shape index (κ3) is 4.35. The van der Waals surface area contributed by atoms with Crippen LogP contribution < -0.4 is 20.3 Å². The van der Waals surface area contributed by atoms with E-state index >= 15 is 0 Å². The fraction of sp³-hybridized carbons (Fsp3) is 0.250. The SMILES string of the molecule is Cc1cc(Oc2ccccc2F)ccc1N1C(=O)Nc2c(C(=O)N[C@@H]3CCCN(C)C3)sc3nccc1c23. The number of benzene rings is 2. The number of piperidine rings is 1. The summed E-state index contributed by atoms with van der Waals surface area (Å²) in [6.07, 6.45) is 3.60. The van der Waals surface area contributed by atoms with Gasteiger partial charge in [-0.25, -0.2) is 14.2 Å². The Kier molecular flexibility index (Phi) is 6.21. The molecule has 2 aromatic carbocycles. The van der Waals surface area contributed by atoms with E-state index in [1.165, 1.54) is 17.4 Å². The summed E-state index contributed by atoms with van der Waals surface area (Å²) < 4.78 is 19.8. The Balaban J connectivity index is 1.33. The van der Waals surface area contributed by atoms with Gasteiger partial charge in [0.15, 0.2) is 11.6 Å². The third-order valence-electron chi connectivity index (χ3n) is 6.89. The molecule has 6 rings (SSSR count). The molecule has 4 heterocycles. The first-order valence-electron chi connectivity index (χ1n) is 12.4. The maximum Gasteiger partial charge on any atom is 0.331 e. The Morgan fingerprint density at radius 3 is 2.84 bits per heavy atom. The number of likely N-dealkylation sites (N-methyl/N-ethyl adjacent to an activating group) is 1. The van der Waals surface area contributed by atoms with Gasteiger partial charge in [-0.3, -0.25) is 9.69 Å². The summed E-state index contributed by atoms with van der Waals surface area (Å²) in [5.74, 6) is -0.0741. The summed E-state index contributed by atoms with van der Waals surface area (Å²) in [5.41, 5.74) is 2.54. The summed E-state index contributed by atoms with van der Waals surface area (Å²) >= 11 is 1.27. The number of halogens is 1. The Morgan fingerprint density at radius 2 is 2.05 bits per heavy atom. The van der Waals surface area contributed by atoms with E-state index in [-0.39, 0.29) is 23.7 Å². The topological polar surface area (TPSA) is 86.8 Å². The molecule has 1 atom stereocenters. The van der Waals surface area contributed by atoms with E-state index in [1.54, 1.807) is 53.6 Å². The number of anilines is 3. The molecule has 2 aliphatic rings. The van der Waals surface area contributed by atoms with Crippen LogP contribution in [-0.2, 0) is 0 Å². The summed E-state index contributed by atoms with van der Waals surface area (Å²) in [6.45, 7) is 3.68. The highest BCUT2D eigenvalue weighted by molar-refractivity contribution is 7.21. The fourth-order valence-corrected chi connectivity index (χ4v) is 6.14. The van der Waals surface area contributed by atoms with Crippen molar-refractivity contribution in [2.45, 2.75) is 25.8 Å². The summed E-state index contributed by atoms with van der Waals surface area (Å²) in [5, 5.41) is 6.81. The minimum Gasteiger partial charge on any atom is -0.454 e. The average Bonchev–Trinajstić information content (AvgIpc) is 3.26. The van der Waals surface area contributed by atoms with E-state index in [4.69, 9.17) is 4.74 Å². The summed E-state index contributed by atoms with van der Waals surface area (Å²) in [4.78, 5) is 36.1. The van der Waals surface area contributed by atoms with Crippen molar-refractivity contribution in [3.8, 4) is 11.5 Å². The molecule has 0 unspecified atom stereocenters. The van der Waals surface area contributed by atoms with Gasteiger partial charge in [-0.15, -0.1) is 11.3 Å². The second-order valence-electron chi connectivity index (χ2n) is 9.64. The lowest BCUT2D eigenvalue weighted by Gasteiger charge is -2.31. The molecule has 4 aromatic rings. The van der Waals surface area contributed by atoms with Crippen LogP contribution in [-0.4, -0.2) is 48.0 Å². The van der Waals surface area contributed by atoms with Gasteiger partial charge in [0.25, 0.3) is 5.91 Å². The predicted molar refractivity (Wildman–Crippen MR) is 146 cm³/mol. The molecule has 194 valence electrons. The zero-order valence-corrected chi connectivity index (χ0v) is 21.8. The Hall–Kier alpha value is -4.02. The lowest BCUT2D eigenvalue weighted by atomic mass is 10.1. The van der Waals surface area contributed by atoms with Gasteiger partial charge in [-0.05, 0) is 75.3 Å². The van der Waals surface area contributed by atoms with Crippen molar-refractivity contribution in [3.05, 3.63) is 71.0 Å². The third-order valence-corrected chi connectivity index (χ3v) is 7.98. The normalized spacial score (nSPS) is 17.4. The van der Waals surface area contributed by atoms with E-state index < -0.39 is 5.82 Å². The molecule has 8 nitrogen and oxygen atoms in total. The molecule has 0 saturated carbocycles. The summed E-state index contributed by atoms with van der Waals surface area (Å²) in [6, 6.07) is 12.9. The minimum absolute atomic E-state index is 0.0645. The number of thiophene rings is 1. The number of rotatable bonds is 5. The van der Waals surface area contributed by atoms with Crippen LogP contribution in [0.4, 0.5) is 26.2 Å². The second-order valence-corrected chi connectivity index (χ2v) is 10.6. The minimum atomic E-state index is -0.454. The molecule has 2 N–H and O–H groups in total. The molecule has 0 bridgehead atoms. The highest BCUT2D eigenvalue weighted by Crippen LogP contribution is 2.46. The van der Waals surface area contributed by atoms with Crippen LogP contribution in [0.1, 0.15) is 28.1 Å². The Bertz CT molecular complexity index is 1570. The molecule has 38 heavy (non-hydrogen) atoms. The van der Waals surface area contributed by atoms with E-state index in [0.29, 0.717) is 32.5 Å². The van der Waals surface area contributed by atoms with Crippen molar-refractivity contribution in [1.82, 2.24) is 15.2 Å². The molecule has 0 radical (unpaired) electrons. The van der Waals surface area contributed by atoms with E-state index in [1.807, 2.05) is 14.0 Å². The highest BCUT2D eigenvalue weighted by atomic mass is 32.1. The van der Waals surface area contributed by atoms with Crippen LogP contribution in [0.2, 0.25) is 0 Å². The fourth-order valence-electron chi connectivity index (χ4n) is 5.12.